The smallest absolute Gasteiger partial charge is 0.269 e. The molecule has 0 radical (unpaired) electrons. The van der Waals surface area contributed by atoms with Crippen molar-refractivity contribution in [1.82, 2.24) is 14.8 Å². The van der Waals surface area contributed by atoms with Crippen molar-refractivity contribution < 1.29 is 14.4 Å². The highest BCUT2D eigenvalue weighted by Crippen LogP contribution is 2.38. The Kier molecular flexibility index (Phi) is 6.94. The second kappa shape index (κ2) is 10.0. The van der Waals surface area contributed by atoms with Gasteiger partial charge >= 0.3 is 0 Å². The van der Waals surface area contributed by atoms with Gasteiger partial charge in [0.2, 0.25) is 0 Å². The maximum absolute atomic E-state index is 10.9. The van der Waals surface area contributed by atoms with Crippen LogP contribution in [0.15, 0.2) is 47.6 Å². The van der Waals surface area contributed by atoms with Gasteiger partial charge in [0, 0.05) is 35.6 Å². The first-order valence-electron chi connectivity index (χ1n) is 10.6. The molecular weight excluding hydrogens is 428 g/mol. The molecule has 3 aromatic rings. The van der Waals surface area contributed by atoms with Crippen molar-refractivity contribution in [1.29, 1.82) is 0 Å². The molecule has 0 amide bonds. The summed E-state index contributed by atoms with van der Waals surface area (Å²) >= 11 is 1.60. The second-order valence-electron chi connectivity index (χ2n) is 7.78. The van der Waals surface area contributed by atoms with Crippen molar-refractivity contribution in [2.24, 2.45) is 0 Å². The van der Waals surface area contributed by atoms with Gasteiger partial charge < -0.3 is 9.47 Å². The Bertz CT molecular complexity index is 1060. The first kappa shape index (κ1) is 22.1. The summed E-state index contributed by atoms with van der Waals surface area (Å²) in [7, 11) is 3.27. The first-order chi connectivity index (χ1) is 15.6. The molecule has 1 heterocycles. The van der Waals surface area contributed by atoms with Crippen molar-refractivity contribution in [3.8, 4) is 22.9 Å². The van der Waals surface area contributed by atoms with Gasteiger partial charge in [0.05, 0.1) is 19.1 Å². The largest absolute Gasteiger partial charge is 0.497 e. The van der Waals surface area contributed by atoms with E-state index in [9.17, 15) is 10.1 Å². The van der Waals surface area contributed by atoms with Gasteiger partial charge in [-0.1, -0.05) is 43.2 Å². The lowest BCUT2D eigenvalue weighted by molar-refractivity contribution is -0.384. The highest BCUT2D eigenvalue weighted by atomic mass is 32.2. The minimum Gasteiger partial charge on any atom is -0.497 e. The SMILES string of the molecule is COc1cc(OC)cc(-c2nnc(SCc3ccc([N+](=O)[O-])cc3)n2C2CCCCC2)c1. The third-order valence-corrected chi connectivity index (χ3v) is 6.74. The Hall–Kier alpha value is -3.07. The zero-order valence-corrected chi connectivity index (χ0v) is 19.0. The lowest BCUT2D eigenvalue weighted by Crippen LogP contribution is -2.15. The summed E-state index contributed by atoms with van der Waals surface area (Å²) < 4.78 is 13.2. The van der Waals surface area contributed by atoms with Gasteiger partial charge in [-0.25, -0.2) is 0 Å². The summed E-state index contributed by atoms with van der Waals surface area (Å²) in [6.45, 7) is 0. The van der Waals surface area contributed by atoms with Crippen molar-refractivity contribution >= 4 is 17.4 Å². The highest BCUT2D eigenvalue weighted by Gasteiger charge is 2.24. The number of nitro groups is 1. The van der Waals surface area contributed by atoms with Gasteiger partial charge in [0.1, 0.15) is 11.5 Å². The zero-order chi connectivity index (χ0) is 22.5. The van der Waals surface area contributed by atoms with Gasteiger partial charge in [-0.3, -0.25) is 14.7 Å². The van der Waals surface area contributed by atoms with Crippen LogP contribution >= 0.6 is 11.8 Å². The number of non-ortho nitro benzene ring substituents is 1. The highest BCUT2D eigenvalue weighted by molar-refractivity contribution is 7.98. The van der Waals surface area contributed by atoms with Gasteiger partial charge in [-0.15, -0.1) is 10.2 Å². The van der Waals surface area contributed by atoms with E-state index in [4.69, 9.17) is 9.47 Å². The second-order valence-corrected chi connectivity index (χ2v) is 8.72. The molecular formula is C23H26N4O4S. The van der Waals surface area contributed by atoms with E-state index >= 15 is 0 Å². The van der Waals surface area contributed by atoms with Crippen LogP contribution < -0.4 is 9.47 Å². The van der Waals surface area contributed by atoms with Gasteiger partial charge in [0.25, 0.3) is 5.69 Å². The summed E-state index contributed by atoms with van der Waals surface area (Å²) in [6.07, 6.45) is 5.83. The fourth-order valence-electron chi connectivity index (χ4n) is 4.04. The fraction of sp³-hybridized carbons (Fsp3) is 0.391. The summed E-state index contributed by atoms with van der Waals surface area (Å²) in [5.74, 6) is 2.88. The van der Waals surface area contributed by atoms with E-state index in [0.29, 0.717) is 23.3 Å². The number of benzene rings is 2. The van der Waals surface area contributed by atoms with E-state index < -0.39 is 0 Å². The summed E-state index contributed by atoms with van der Waals surface area (Å²) in [6, 6.07) is 12.7. The predicted molar refractivity (Wildman–Crippen MR) is 123 cm³/mol. The fourth-order valence-corrected chi connectivity index (χ4v) is 5.00. The third kappa shape index (κ3) is 4.88. The van der Waals surface area contributed by atoms with Crippen LogP contribution in [-0.2, 0) is 5.75 Å². The van der Waals surface area contributed by atoms with E-state index in [2.05, 4.69) is 14.8 Å². The van der Waals surface area contributed by atoms with Crippen LogP contribution in [0.2, 0.25) is 0 Å². The number of methoxy groups -OCH3 is 2. The molecule has 0 bridgehead atoms. The van der Waals surface area contributed by atoms with Crippen LogP contribution in [0, 0.1) is 10.1 Å². The summed E-state index contributed by atoms with van der Waals surface area (Å²) in [5.41, 5.74) is 2.00. The molecule has 9 heteroatoms. The molecule has 1 fully saturated rings. The first-order valence-corrected chi connectivity index (χ1v) is 11.6. The molecule has 0 atom stereocenters. The number of rotatable bonds is 8. The maximum Gasteiger partial charge on any atom is 0.269 e. The van der Waals surface area contributed by atoms with Crippen LogP contribution in [-0.4, -0.2) is 33.9 Å². The van der Waals surface area contributed by atoms with Crippen molar-refractivity contribution in [3.05, 3.63) is 58.1 Å². The number of thioether (sulfide) groups is 1. The average molecular weight is 455 g/mol. The third-order valence-electron chi connectivity index (χ3n) is 5.73. The maximum atomic E-state index is 10.9. The van der Waals surface area contributed by atoms with Crippen LogP contribution in [0.25, 0.3) is 11.4 Å². The molecule has 0 unspecified atom stereocenters. The van der Waals surface area contributed by atoms with Crippen molar-refractivity contribution in [2.45, 2.75) is 49.1 Å². The normalized spacial score (nSPS) is 14.3. The molecule has 1 aliphatic carbocycles. The summed E-state index contributed by atoms with van der Waals surface area (Å²) in [4.78, 5) is 10.5. The van der Waals surface area contributed by atoms with Gasteiger partial charge in [-0.2, -0.15) is 0 Å². The number of hydrogen-bond acceptors (Lipinski definition) is 7. The molecule has 1 aliphatic rings. The Labute approximate surface area is 191 Å². The van der Waals surface area contributed by atoms with Crippen LogP contribution in [0.5, 0.6) is 11.5 Å². The standard InChI is InChI=1S/C23H26N4O4S/c1-30-20-12-17(13-21(14-20)31-2)22-24-25-23(26(22)18-6-4-3-5-7-18)32-15-16-8-10-19(11-9-16)27(28)29/h8-14,18H,3-7,15H2,1-2H3. The Morgan fingerprint density at radius 3 is 2.28 bits per heavy atom. The summed E-state index contributed by atoms with van der Waals surface area (Å²) in [5, 5.41) is 20.8. The van der Waals surface area contributed by atoms with E-state index in [-0.39, 0.29) is 10.6 Å². The topological polar surface area (TPSA) is 92.3 Å². The van der Waals surface area contributed by atoms with Crippen molar-refractivity contribution in [2.75, 3.05) is 14.2 Å². The Morgan fingerprint density at radius 1 is 1.03 bits per heavy atom. The molecule has 1 saturated carbocycles. The van der Waals surface area contributed by atoms with E-state index in [1.165, 1.54) is 31.4 Å². The number of nitro benzene ring substituents is 1. The average Bonchev–Trinajstić information content (AvgIpc) is 3.27. The molecule has 168 valence electrons. The van der Waals surface area contributed by atoms with Gasteiger partial charge in [-0.05, 0) is 30.5 Å². The quantitative estimate of drug-likeness (QED) is 0.246. The monoisotopic (exact) mass is 454 g/mol. The molecule has 4 rings (SSSR count). The van der Waals surface area contributed by atoms with Crippen LogP contribution in [0.1, 0.15) is 43.7 Å². The number of hydrogen-bond donors (Lipinski definition) is 0. The lowest BCUT2D eigenvalue weighted by Gasteiger charge is -2.25. The molecule has 0 N–H and O–H groups in total. The van der Waals surface area contributed by atoms with Crippen LogP contribution in [0.3, 0.4) is 0 Å². The molecule has 2 aromatic carbocycles. The minimum atomic E-state index is -0.384. The molecule has 0 spiro atoms. The lowest BCUT2D eigenvalue weighted by atomic mass is 9.95. The van der Waals surface area contributed by atoms with Gasteiger partial charge in [0.15, 0.2) is 11.0 Å². The van der Waals surface area contributed by atoms with E-state index in [0.717, 1.165) is 34.9 Å². The minimum absolute atomic E-state index is 0.0957. The number of nitrogens with zero attached hydrogens (tertiary/aromatic N) is 4. The Morgan fingerprint density at radius 2 is 1.69 bits per heavy atom. The molecule has 32 heavy (non-hydrogen) atoms. The number of aromatic nitrogens is 3. The van der Waals surface area contributed by atoms with E-state index in [1.807, 2.05) is 18.2 Å². The molecule has 0 aliphatic heterocycles. The van der Waals surface area contributed by atoms with E-state index in [1.54, 1.807) is 38.1 Å². The Balaban J connectivity index is 1.66. The zero-order valence-electron chi connectivity index (χ0n) is 18.2. The predicted octanol–water partition coefficient (Wildman–Crippen LogP) is 5.67. The van der Waals surface area contributed by atoms with Crippen molar-refractivity contribution in [3.63, 3.8) is 0 Å². The number of ether oxygens (including phenoxy) is 2. The molecule has 8 nitrogen and oxygen atoms in total. The molecule has 1 aromatic heterocycles. The molecule has 0 saturated heterocycles. The van der Waals surface area contributed by atoms with Crippen LogP contribution in [0.4, 0.5) is 5.69 Å².